The molecule has 0 spiro atoms. The molecule has 0 aliphatic carbocycles. The first kappa shape index (κ1) is 12.8. The van der Waals surface area contributed by atoms with E-state index in [-0.39, 0.29) is 17.9 Å². The highest BCUT2D eigenvalue weighted by Gasteiger charge is 2.11. The summed E-state index contributed by atoms with van der Waals surface area (Å²) in [7, 11) is 0. The van der Waals surface area contributed by atoms with Crippen molar-refractivity contribution in [1.82, 2.24) is 5.32 Å². The second-order valence-corrected chi connectivity index (χ2v) is 4.58. The number of halogens is 1. The molecule has 0 amide bonds. The Balaban J connectivity index is 2.05. The maximum absolute atomic E-state index is 13.2. The van der Waals surface area contributed by atoms with Crippen LogP contribution in [0.3, 0.4) is 0 Å². The average molecular weight is 243 g/mol. The van der Waals surface area contributed by atoms with Gasteiger partial charge in [0.05, 0.1) is 0 Å². The fourth-order valence-corrected chi connectivity index (χ4v) is 2.09. The van der Waals surface area contributed by atoms with Gasteiger partial charge in [0, 0.05) is 12.1 Å². The molecular weight excluding hydrogens is 225 g/mol. The highest BCUT2D eigenvalue weighted by atomic mass is 19.1. The van der Waals surface area contributed by atoms with Crippen LogP contribution in [-0.4, -0.2) is 0 Å². The second-order valence-electron chi connectivity index (χ2n) is 4.58. The van der Waals surface area contributed by atoms with Gasteiger partial charge in [0.15, 0.2) is 0 Å². The molecular formula is C16H18FN. The van der Waals surface area contributed by atoms with Crippen molar-refractivity contribution in [2.24, 2.45) is 0 Å². The SMILES string of the molecule is CC(N[C@@H](C)c1ccccc1)c1cccc(F)c1. The smallest absolute Gasteiger partial charge is 0.123 e. The van der Waals surface area contributed by atoms with Crippen LogP contribution in [0.5, 0.6) is 0 Å². The third kappa shape index (κ3) is 3.17. The van der Waals surface area contributed by atoms with Gasteiger partial charge in [-0.15, -0.1) is 0 Å². The van der Waals surface area contributed by atoms with Gasteiger partial charge in [-0.2, -0.15) is 0 Å². The Morgan fingerprint density at radius 1 is 0.833 bits per heavy atom. The molecule has 1 unspecified atom stereocenters. The van der Waals surface area contributed by atoms with Crippen LogP contribution in [0.1, 0.15) is 37.1 Å². The minimum Gasteiger partial charge on any atom is -0.304 e. The zero-order chi connectivity index (χ0) is 13.0. The molecule has 1 nitrogen and oxygen atoms in total. The van der Waals surface area contributed by atoms with Gasteiger partial charge in [0.2, 0.25) is 0 Å². The van der Waals surface area contributed by atoms with E-state index in [1.807, 2.05) is 31.2 Å². The molecule has 0 saturated carbocycles. The molecule has 2 rings (SSSR count). The fraction of sp³-hybridized carbons (Fsp3) is 0.250. The van der Waals surface area contributed by atoms with E-state index in [4.69, 9.17) is 0 Å². The number of nitrogens with one attached hydrogen (secondary N) is 1. The van der Waals surface area contributed by atoms with E-state index in [1.54, 1.807) is 12.1 Å². The van der Waals surface area contributed by atoms with Crippen LogP contribution < -0.4 is 5.32 Å². The third-order valence-corrected chi connectivity index (χ3v) is 3.15. The molecule has 0 aliphatic rings. The molecule has 2 heteroatoms. The van der Waals surface area contributed by atoms with Crippen molar-refractivity contribution in [2.75, 3.05) is 0 Å². The van der Waals surface area contributed by atoms with Crippen molar-refractivity contribution < 1.29 is 4.39 Å². The average Bonchev–Trinajstić information content (AvgIpc) is 2.39. The molecule has 0 saturated heterocycles. The minimum absolute atomic E-state index is 0.121. The molecule has 0 radical (unpaired) electrons. The molecule has 0 aliphatic heterocycles. The van der Waals surface area contributed by atoms with Gasteiger partial charge in [-0.05, 0) is 37.1 Å². The quantitative estimate of drug-likeness (QED) is 0.847. The Morgan fingerprint density at radius 2 is 1.44 bits per heavy atom. The largest absolute Gasteiger partial charge is 0.304 e. The van der Waals surface area contributed by atoms with Crippen LogP contribution in [0.4, 0.5) is 4.39 Å². The van der Waals surface area contributed by atoms with Crippen molar-refractivity contribution in [2.45, 2.75) is 25.9 Å². The van der Waals surface area contributed by atoms with E-state index in [1.165, 1.54) is 11.6 Å². The van der Waals surface area contributed by atoms with Crippen LogP contribution in [0.25, 0.3) is 0 Å². The zero-order valence-electron chi connectivity index (χ0n) is 10.7. The van der Waals surface area contributed by atoms with E-state index < -0.39 is 0 Å². The van der Waals surface area contributed by atoms with E-state index in [0.29, 0.717) is 0 Å². The third-order valence-electron chi connectivity index (χ3n) is 3.15. The highest BCUT2D eigenvalue weighted by Crippen LogP contribution is 2.19. The summed E-state index contributed by atoms with van der Waals surface area (Å²) in [5, 5.41) is 3.47. The van der Waals surface area contributed by atoms with Gasteiger partial charge >= 0.3 is 0 Å². The van der Waals surface area contributed by atoms with Gasteiger partial charge < -0.3 is 5.32 Å². The summed E-state index contributed by atoms with van der Waals surface area (Å²) in [6, 6.07) is 17.3. The van der Waals surface area contributed by atoms with Crippen LogP contribution in [0, 0.1) is 5.82 Å². The summed E-state index contributed by atoms with van der Waals surface area (Å²) in [5.74, 6) is -0.187. The molecule has 0 aromatic heterocycles. The summed E-state index contributed by atoms with van der Waals surface area (Å²) < 4.78 is 13.2. The van der Waals surface area contributed by atoms with Crippen molar-refractivity contribution >= 4 is 0 Å². The Hall–Kier alpha value is -1.67. The summed E-state index contributed by atoms with van der Waals surface area (Å²) in [4.78, 5) is 0. The molecule has 0 fully saturated rings. The van der Waals surface area contributed by atoms with E-state index in [0.717, 1.165) is 5.56 Å². The normalized spacial score (nSPS) is 14.2. The molecule has 2 atom stereocenters. The van der Waals surface area contributed by atoms with E-state index in [2.05, 4.69) is 24.4 Å². The standard InChI is InChI=1S/C16H18FN/c1-12(14-7-4-3-5-8-14)18-13(2)15-9-6-10-16(17)11-15/h3-13,18H,1-2H3/t12-,13?/m0/s1. The van der Waals surface area contributed by atoms with Crippen LogP contribution >= 0.6 is 0 Å². The van der Waals surface area contributed by atoms with Gasteiger partial charge in [-0.3, -0.25) is 0 Å². The summed E-state index contributed by atoms with van der Waals surface area (Å²) in [6.07, 6.45) is 0. The Labute approximate surface area is 108 Å². The first-order chi connectivity index (χ1) is 8.66. The molecule has 94 valence electrons. The molecule has 0 heterocycles. The van der Waals surface area contributed by atoms with Crippen LogP contribution in [0.15, 0.2) is 54.6 Å². The van der Waals surface area contributed by atoms with Crippen LogP contribution in [-0.2, 0) is 0 Å². The number of benzene rings is 2. The molecule has 1 N–H and O–H groups in total. The van der Waals surface area contributed by atoms with Crippen LogP contribution in [0.2, 0.25) is 0 Å². The fourth-order valence-electron chi connectivity index (χ4n) is 2.09. The predicted molar refractivity (Wildman–Crippen MR) is 72.8 cm³/mol. The Bertz CT molecular complexity index is 495. The molecule has 18 heavy (non-hydrogen) atoms. The summed E-state index contributed by atoms with van der Waals surface area (Å²) >= 11 is 0. The monoisotopic (exact) mass is 243 g/mol. The Morgan fingerprint density at radius 3 is 2.11 bits per heavy atom. The van der Waals surface area contributed by atoms with Crippen molar-refractivity contribution in [1.29, 1.82) is 0 Å². The van der Waals surface area contributed by atoms with Crippen molar-refractivity contribution in [3.63, 3.8) is 0 Å². The number of rotatable bonds is 4. The van der Waals surface area contributed by atoms with Gasteiger partial charge in [0.1, 0.15) is 5.82 Å². The number of hydrogen-bond donors (Lipinski definition) is 1. The lowest BCUT2D eigenvalue weighted by Gasteiger charge is -2.20. The Kier molecular flexibility index (Phi) is 4.11. The lowest BCUT2D eigenvalue weighted by Crippen LogP contribution is -2.22. The lowest BCUT2D eigenvalue weighted by atomic mass is 10.0. The molecule has 2 aromatic rings. The second kappa shape index (κ2) is 5.78. The first-order valence-electron chi connectivity index (χ1n) is 6.23. The minimum atomic E-state index is -0.187. The maximum Gasteiger partial charge on any atom is 0.123 e. The maximum atomic E-state index is 13.2. The van der Waals surface area contributed by atoms with Gasteiger partial charge in [-0.1, -0.05) is 42.5 Å². The van der Waals surface area contributed by atoms with Gasteiger partial charge in [0.25, 0.3) is 0 Å². The number of hydrogen-bond acceptors (Lipinski definition) is 1. The van der Waals surface area contributed by atoms with E-state index >= 15 is 0 Å². The lowest BCUT2D eigenvalue weighted by molar-refractivity contribution is 0.492. The molecule has 2 aromatic carbocycles. The summed E-state index contributed by atoms with van der Waals surface area (Å²) in [6.45, 7) is 4.17. The topological polar surface area (TPSA) is 12.0 Å². The molecule has 0 bridgehead atoms. The predicted octanol–water partition coefficient (Wildman–Crippen LogP) is 4.24. The highest BCUT2D eigenvalue weighted by molar-refractivity contribution is 5.22. The summed E-state index contributed by atoms with van der Waals surface area (Å²) in [5.41, 5.74) is 2.21. The van der Waals surface area contributed by atoms with E-state index in [9.17, 15) is 4.39 Å². The van der Waals surface area contributed by atoms with Gasteiger partial charge in [-0.25, -0.2) is 4.39 Å². The first-order valence-corrected chi connectivity index (χ1v) is 6.23. The zero-order valence-corrected chi connectivity index (χ0v) is 10.7. The van der Waals surface area contributed by atoms with Crippen molar-refractivity contribution in [3.05, 3.63) is 71.5 Å². The van der Waals surface area contributed by atoms with Crippen molar-refractivity contribution in [3.8, 4) is 0 Å².